The first kappa shape index (κ1) is 22.3. The van der Waals surface area contributed by atoms with Crippen molar-refractivity contribution in [2.75, 3.05) is 46.5 Å². The fraction of sp³-hybridized carbons (Fsp3) is 0.640. The monoisotopic (exact) mass is 456 g/mol. The molecule has 0 N–H and O–H groups in total. The van der Waals surface area contributed by atoms with Crippen LogP contribution in [0.3, 0.4) is 0 Å². The lowest BCUT2D eigenvalue weighted by atomic mass is 9.76. The van der Waals surface area contributed by atoms with Gasteiger partial charge in [-0.25, -0.2) is 4.79 Å². The molecular weight excluding hydrogens is 424 g/mol. The third kappa shape index (κ3) is 3.64. The van der Waals surface area contributed by atoms with E-state index < -0.39 is 0 Å². The van der Waals surface area contributed by atoms with Gasteiger partial charge in [-0.15, -0.1) is 0 Å². The molecule has 4 heterocycles. The van der Waals surface area contributed by atoms with Gasteiger partial charge < -0.3 is 24.0 Å². The molecule has 1 amide bonds. The van der Waals surface area contributed by atoms with E-state index in [-0.39, 0.29) is 47.8 Å². The summed E-state index contributed by atoms with van der Waals surface area (Å²) in [6, 6.07) is 0. The number of rotatable bonds is 5. The lowest BCUT2D eigenvalue weighted by Crippen LogP contribution is -2.47. The van der Waals surface area contributed by atoms with Gasteiger partial charge in [-0.05, 0) is 51.8 Å². The number of amides is 1. The fourth-order valence-electron chi connectivity index (χ4n) is 6.05. The molecule has 0 aromatic carbocycles. The largest absolute Gasteiger partial charge is 0.465 e. The molecule has 0 aromatic rings. The predicted octanol–water partition coefficient (Wildman–Crippen LogP) is 1.82. The number of nitrogens with zero attached hydrogens (tertiary/aromatic N) is 2. The number of fused-ring (bicyclic) bond motifs is 1. The van der Waals surface area contributed by atoms with Gasteiger partial charge in [0, 0.05) is 26.1 Å². The third-order valence-electron chi connectivity index (χ3n) is 8.39. The molecule has 5 aliphatic rings. The standard InChI is InChI=1S/C25H32N2O6/c1-15-17(4-5-18-19(15)13-32-23(18)29)21(31-3)12-26-9-6-25(7-10-26)8-11-27(24(25)30)20-14-33-22(28)16(20)2/h4-5,18-19,21H,6-14H2,1-3H3/t18?,19?,21-/m0/s1. The van der Waals surface area contributed by atoms with Crippen molar-refractivity contribution in [3.05, 3.63) is 34.6 Å². The molecule has 3 fully saturated rings. The number of ether oxygens (including phenoxy) is 3. The van der Waals surface area contributed by atoms with Crippen LogP contribution in [-0.2, 0) is 28.6 Å². The predicted molar refractivity (Wildman–Crippen MR) is 119 cm³/mol. The molecule has 3 saturated heterocycles. The summed E-state index contributed by atoms with van der Waals surface area (Å²) in [4.78, 5) is 41.2. The Morgan fingerprint density at radius 3 is 2.52 bits per heavy atom. The molecule has 0 saturated carbocycles. The summed E-state index contributed by atoms with van der Waals surface area (Å²) in [6.07, 6.45) is 6.34. The van der Waals surface area contributed by atoms with Crippen LogP contribution in [0.4, 0.5) is 0 Å². The number of esters is 2. The van der Waals surface area contributed by atoms with E-state index in [1.807, 2.05) is 12.2 Å². The summed E-state index contributed by atoms with van der Waals surface area (Å²) in [5, 5.41) is 0. The molecule has 1 spiro atoms. The number of carbonyl (C=O) groups is 3. The summed E-state index contributed by atoms with van der Waals surface area (Å²) in [5.74, 6) is -0.383. The van der Waals surface area contributed by atoms with Crippen LogP contribution in [0, 0.1) is 17.3 Å². The first-order valence-corrected chi connectivity index (χ1v) is 11.8. The Hall–Kier alpha value is -2.45. The zero-order chi connectivity index (χ0) is 23.3. The smallest absolute Gasteiger partial charge is 0.336 e. The number of hydrogen-bond donors (Lipinski definition) is 0. The van der Waals surface area contributed by atoms with Gasteiger partial charge in [-0.2, -0.15) is 0 Å². The van der Waals surface area contributed by atoms with Crippen LogP contribution in [-0.4, -0.2) is 80.3 Å². The summed E-state index contributed by atoms with van der Waals surface area (Å²) < 4.78 is 16.3. The van der Waals surface area contributed by atoms with E-state index in [0.717, 1.165) is 50.2 Å². The van der Waals surface area contributed by atoms with Gasteiger partial charge in [0.25, 0.3) is 0 Å². The molecule has 4 aliphatic heterocycles. The average molecular weight is 457 g/mol. The molecule has 8 nitrogen and oxygen atoms in total. The minimum absolute atomic E-state index is 0.0859. The lowest BCUT2D eigenvalue weighted by molar-refractivity contribution is -0.140. The Labute approximate surface area is 194 Å². The highest BCUT2D eigenvalue weighted by atomic mass is 16.5. The van der Waals surface area contributed by atoms with Crippen LogP contribution in [0.1, 0.15) is 33.1 Å². The SMILES string of the molecule is CO[C@@H](CN1CCC2(CC1)CCN(C1=C(C)C(=O)OC1)C2=O)C1=C(C)C2COC(=O)C2C=C1. The van der Waals surface area contributed by atoms with E-state index in [1.54, 1.807) is 18.9 Å². The molecule has 5 rings (SSSR count). The highest BCUT2D eigenvalue weighted by molar-refractivity contribution is 5.94. The Morgan fingerprint density at radius 2 is 1.85 bits per heavy atom. The number of likely N-dealkylation sites (tertiary alicyclic amines) is 2. The minimum atomic E-state index is -0.341. The fourth-order valence-corrected chi connectivity index (χ4v) is 6.05. The Bertz CT molecular complexity index is 971. The topological polar surface area (TPSA) is 85.4 Å². The second-order valence-corrected chi connectivity index (χ2v) is 9.92. The van der Waals surface area contributed by atoms with Crippen molar-refractivity contribution >= 4 is 17.8 Å². The highest BCUT2D eigenvalue weighted by Crippen LogP contribution is 2.44. The molecule has 0 radical (unpaired) electrons. The van der Waals surface area contributed by atoms with Crippen molar-refractivity contribution in [2.24, 2.45) is 17.3 Å². The van der Waals surface area contributed by atoms with Crippen LogP contribution < -0.4 is 0 Å². The summed E-state index contributed by atoms with van der Waals surface area (Å²) in [7, 11) is 1.73. The molecule has 0 bridgehead atoms. The van der Waals surface area contributed by atoms with Crippen LogP contribution in [0.2, 0.25) is 0 Å². The normalized spacial score (nSPS) is 30.4. The van der Waals surface area contributed by atoms with Crippen molar-refractivity contribution in [1.29, 1.82) is 0 Å². The molecule has 0 aromatic heterocycles. The summed E-state index contributed by atoms with van der Waals surface area (Å²) >= 11 is 0. The first-order valence-electron chi connectivity index (χ1n) is 11.8. The van der Waals surface area contributed by atoms with E-state index in [2.05, 4.69) is 11.8 Å². The molecule has 3 atom stereocenters. The molecular formula is C25H32N2O6. The van der Waals surface area contributed by atoms with Gasteiger partial charge in [0.15, 0.2) is 0 Å². The Kier molecular flexibility index (Phi) is 5.69. The molecule has 2 unspecified atom stereocenters. The Morgan fingerprint density at radius 1 is 1.12 bits per heavy atom. The van der Waals surface area contributed by atoms with E-state index in [9.17, 15) is 14.4 Å². The Balaban J connectivity index is 1.23. The van der Waals surface area contributed by atoms with Gasteiger partial charge in [0.05, 0.1) is 35.3 Å². The zero-order valence-electron chi connectivity index (χ0n) is 19.6. The maximum absolute atomic E-state index is 13.4. The molecule has 178 valence electrons. The summed E-state index contributed by atoms with van der Waals surface area (Å²) in [5.41, 5.74) is 3.26. The van der Waals surface area contributed by atoms with Crippen LogP contribution in [0.15, 0.2) is 34.6 Å². The first-order chi connectivity index (χ1) is 15.8. The summed E-state index contributed by atoms with van der Waals surface area (Å²) in [6.45, 7) is 7.53. The number of piperidine rings is 1. The quantitative estimate of drug-likeness (QED) is 0.584. The van der Waals surface area contributed by atoms with E-state index in [1.165, 1.54) is 5.57 Å². The van der Waals surface area contributed by atoms with Crippen molar-refractivity contribution in [2.45, 2.75) is 39.2 Å². The minimum Gasteiger partial charge on any atom is -0.465 e. The van der Waals surface area contributed by atoms with Crippen LogP contribution in [0.25, 0.3) is 0 Å². The highest BCUT2D eigenvalue weighted by Gasteiger charge is 2.50. The average Bonchev–Trinajstić information content (AvgIpc) is 3.46. The molecule has 1 aliphatic carbocycles. The van der Waals surface area contributed by atoms with Gasteiger partial charge in [-0.1, -0.05) is 17.7 Å². The van der Waals surface area contributed by atoms with Crippen molar-refractivity contribution in [1.82, 2.24) is 9.80 Å². The van der Waals surface area contributed by atoms with Crippen LogP contribution in [0.5, 0.6) is 0 Å². The maximum Gasteiger partial charge on any atom is 0.336 e. The van der Waals surface area contributed by atoms with Gasteiger partial charge in [0.2, 0.25) is 5.91 Å². The van der Waals surface area contributed by atoms with Gasteiger partial charge >= 0.3 is 11.9 Å². The van der Waals surface area contributed by atoms with Crippen molar-refractivity contribution in [3.63, 3.8) is 0 Å². The lowest BCUT2D eigenvalue weighted by Gasteiger charge is -2.39. The number of methoxy groups -OCH3 is 1. The molecule has 33 heavy (non-hydrogen) atoms. The number of cyclic esters (lactones) is 2. The second kappa shape index (κ2) is 8.40. The van der Waals surface area contributed by atoms with Crippen molar-refractivity contribution < 1.29 is 28.6 Å². The number of hydrogen-bond acceptors (Lipinski definition) is 7. The third-order valence-corrected chi connectivity index (χ3v) is 8.39. The molecule has 8 heteroatoms. The zero-order valence-corrected chi connectivity index (χ0v) is 19.6. The van der Waals surface area contributed by atoms with Gasteiger partial charge in [-0.3, -0.25) is 9.59 Å². The second-order valence-electron chi connectivity index (χ2n) is 9.92. The van der Waals surface area contributed by atoms with E-state index in [4.69, 9.17) is 14.2 Å². The van der Waals surface area contributed by atoms with E-state index in [0.29, 0.717) is 18.7 Å². The van der Waals surface area contributed by atoms with Gasteiger partial charge in [0.1, 0.15) is 6.61 Å². The maximum atomic E-state index is 13.4. The van der Waals surface area contributed by atoms with E-state index >= 15 is 0 Å². The van der Waals surface area contributed by atoms with Crippen LogP contribution >= 0.6 is 0 Å². The number of carbonyl (C=O) groups excluding carboxylic acids is 3. The van der Waals surface area contributed by atoms with Crippen molar-refractivity contribution in [3.8, 4) is 0 Å².